The van der Waals surface area contributed by atoms with Crippen LogP contribution in [0.4, 0.5) is 5.69 Å². The molecule has 3 rings (SSSR count). The number of esters is 1. The van der Waals surface area contributed by atoms with Gasteiger partial charge < -0.3 is 10.1 Å². The lowest BCUT2D eigenvalue weighted by molar-refractivity contribution is -0.123. The van der Waals surface area contributed by atoms with Crippen molar-refractivity contribution in [2.45, 2.75) is 26.9 Å². The lowest BCUT2D eigenvalue weighted by Crippen LogP contribution is -2.29. The van der Waals surface area contributed by atoms with E-state index in [2.05, 4.69) is 10.3 Å². The number of hydrogen-bond donors (Lipinski definition) is 1. The highest BCUT2D eigenvalue weighted by Crippen LogP contribution is 2.21. The number of rotatable bonds is 4. The Kier molecular flexibility index (Phi) is 4.81. The first-order valence-corrected chi connectivity index (χ1v) is 8.70. The molecule has 0 saturated carbocycles. The van der Waals surface area contributed by atoms with Crippen molar-refractivity contribution in [1.29, 1.82) is 0 Å². The van der Waals surface area contributed by atoms with Crippen LogP contribution in [0.15, 0.2) is 42.5 Å². The van der Waals surface area contributed by atoms with E-state index in [1.54, 1.807) is 13.8 Å². The Morgan fingerprint density at radius 1 is 1.12 bits per heavy atom. The fourth-order valence-electron chi connectivity index (χ4n) is 2.50. The maximum Gasteiger partial charge on any atom is 0.351 e. The molecule has 128 valence electrons. The van der Waals surface area contributed by atoms with E-state index in [1.807, 2.05) is 49.4 Å². The third kappa shape index (κ3) is 3.85. The molecule has 2 aromatic carbocycles. The Balaban J connectivity index is 1.67. The number of aromatic nitrogens is 1. The summed E-state index contributed by atoms with van der Waals surface area (Å²) < 4.78 is 5.27. The SMILES string of the molecule is Cc1nc(C)c(C(=O)O[C@@H](C)C(=O)Nc2ccc3ccccc3c2)s1. The second-order valence-corrected chi connectivity index (χ2v) is 6.95. The van der Waals surface area contributed by atoms with Crippen molar-refractivity contribution in [2.75, 3.05) is 5.32 Å². The van der Waals surface area contributed by atoms with Crippen LogP contribution in [0, 0.1) is 13.8 Å². The first kappa shape index (κ1) is 17.1. The Morgan fingerprint density at radius 2 is 1.84 bits per heavy atom. The average molecular weight is 354 g/mol. The fraction of sp³-hybridized carbons (Fsp3) is 0.211. The highest BCUT2D eigenvalue weighted by Gasteiger charge is 2.22. The maximum absolute atomic E-state index is 12.3. The lowest BCUT2D eigenvalue weighted by atomic mass is 10.1. The average Bonchev–Trinajstić information content (AvgIpc) is 2.93. The molecule has 6 heteroatoms. The number of benzene rings is 2. The van der Waals surface area contributed by atoms with E-state index in [9.17, 15) is 9.59 Å². The number of hydrogen-bond acceptors (Lipinski definition) is 5. The van der Waals surface area contributed by atoms with Crippen LogP contribution in [0.1, 0.15) is 27.3 Å². The van der Waals surface area contributed by atoms with Gasteiger partial charge in [0.25, 0.3) is 5.91 Å². The molecule has 0 radical (unpaired) electrons. The quantitative estimate of drug-likeness (QED) is 0.716. The molecule has 1 heterocycles. The van der Waals surface area contributed by atoms with Crippen LogP contribution in [0.3, 0.4) is 0 Å². The van der Waals surface area contributed by atoms with Crippen molar-refractivity contribution >= 4 is 39.7 Å². The van der Waals surface area contributed by atoms with Gasteiger partial charge in [-0.1, -0.05) is 30.3 Å². The number of ether oxygens (including phenoxy) is 1. The van der Waals surface area contributed by atoms with Crippen molar-refractivity contribution in [3.05, 3.63) is 58.0 Å². The van der Waals surface area contributed by atoms with Gasteiger partial charge in [-0.3, -0.25) is 4.79 Å². The second kappa shape index (κ2) is 7.03. The third-order valence-electron chi connectivity index (χ3n) is 3.76. The normalized spacial score (nSPS) is 12.0. The van der Waals surface area contributed by atoms with Gasteiger partial charge in [-0.15, -0.1) is 11.3 Å². The monoisotopic (exact) mass is 354 g/mol. The van der Waals surface area contributed by atoms with Crippen molar-refractivity contribution in [3.63, 3.8) is 0 Å². The van der Waals surface area contributed by atoms with Gasteiger partial charge >= 0.3 is 5.97 Å². The van der Waals surface area contributed by atoms with Gasteiger partial charge in [0.05, 0.1) is 10.7 Å². The second-order valence-electron chi connectivity index (χ2n) is 5.75. The van der Waals surface area contributed by atoms with E-state index in [-0.39, 0.29) is 5.91 Å². The molecule has 0 bridgehead atoms. The lowest BCUT2D eigenvalue weighted by Gasteiger charge is -2.13. The van der Waals surface area contributed by atoms with Crippen LogP contribution in [0.25, 0.3) is 10.8 Å². The van der Waals surface area contributed by atoms with E-state index in [4.69, 9.17) is 4.74 Å². The predicted octanol–water partition coefficient (Wildman–Crippen LogP) is 4.10. The summed E-state index contributed by atoms with van der Waals surface area (Å²) in [5, 5.41) is 5.69. The number of nitrogens with zero attached hydrogens (tertiary/aromatic N) is 1. The summed E-state index contributed by atoms with van der Waals surface area (Å²) in [5.74, 6) is -0.896. The molecule has 0 aliphatic heterocycles. The molecule has 0 fully saturated rings. The summed E-state index contributed by atoms with van der Waals surface area (Å²) in [6.45, 7) is 5.13. The van der Waals surface area contributed by atoms with Crippen LogP contribution in [0.5, 0.6) is 0 Å². The number of aryl methyl sites for hydroxylation is 2. The Hall–Kier alpha value is -2.73. The molecule has 0 aliphatic carbocycles. The molecule has 0 aliphatic rings. The number of nitrogens with one attached hydrogen (secondary N) is 1. The highest BCUT2D eigenvalue weighted by molar-refractivity contribution is 7.13. The van der Waals surface area contributed by atoms with Gasteiger partial charge in [0.2, 0.25) is 0 Å². The van der Waals surface area contributed by atoms with Gasteiger partial charge in [-0.05, 0) is 43.7 Å². The van der Waals surface area contributed by atoms with Crippen molar-refractivity contribution in [2.24, 2.45) is 0 Å². The van der Waals surface area contributed by atoms with Gasteiger partial charge in [0, 0.05) is 5.69 Å². The fourth-order valence-corrected chi connectivity index (χ4v) is 3.30. The summed E-state index contributed by atoms with van der Waals surface area (Å²) in [6.07, 6.45) is -0.902. The van der Waals surface area contributed by atoms with Gasteiger partial charge in [0.15, 0.2) is 6.10 Å². The van der Waals surface area contributed by atoms with E-state index in [1.165, 1.54) is 11.3 Å². The summed E-state index contributed by atoms with van der Waals surface area (Å²) in [5.41, 5.74) is 1.28. The molecule has 0 spiro atoms. The van der Waals surface area contributed by atoms with E-state index in [0.717, 1.165) is 15.8 Å². The predicted molar refractivity (Wildman–Crippen MR) is 99.0 cm³/mol. The van der Waals surface area contributed by atoms with Crippen molar-refractivity contribution in [3.8, 4) is 0 Å². The topological polar surface area (TPSA) is 68.3 Å². The van der Waals surface area contributed by atoms with Gasteiger partial charge in [-0.25, -0.2) is 9.78 Å². The van der Waals surface area contributed by atoms with Gasteiger partial charge in [0.1, 0.15) is 4.88 Å². The summed E-state index contributed by atoms with van der Waals surface area (Å²) in [7, 11) is 0. The summed E-state index contributed by atoms with van der Waals surface area (Å²) in [6, 6.07) is 13.5. The maximum atomic E-state index is 12.3. The minimum Gasteiger partial charge on any atom is -0.448 e. The van der Waals surface area contributed by atoms with E-state index in [0.29, 0.717) is 16.3 Å². The van der Waals surface area contributed by atoms with Gasteiger partial charge in [-0.2, -0.15) is 0 Å². The zero-order chi connectivity index (χ0) is 18.0. The molecule has 1 aromatic heterocycles. The molecular formula is C19H18N2O3S. The van der Waals surface area contributed by atoms with Crippen LogP contribution in [-0.2, 0) is 9.53 Å². The molecule has 5 nitrogen and oxygen atoms in total. The van der Waals surface area contributed by atoms with Crippen LogP contribution >= 0.6 is 11.3 Å². The zero-order valence-corrected chi connectivity index (χ0v) is 15.0. The minimum absolute atomic E-state index is 0.373. The summed E-state index contributed by atoms with van der Waals surface area (Å²) >= 11 is 1.26. The number of anilines is 1. The zero-order valence-electron chi connectivity index (χ0n) is 14.2. The van der Waals surface area contributed by atoms with Crippen LogP contribution in [-0.4, -0.2) is 23.0 Å². The third-order valence-corrected chi connectivity index (χ3v) is 4.81. The first-order valence-electron chi connectivity index (χ1n) is 7.88. The Bertz CT molecular complexity index is 949. The number of thiazole rings is 1. The highest BCUT2D eigenvalue weighted by atomic mass is 32.1. The molecule has 25 heavy (non-hydrogen) atoms. The van der Waals surface area contributed by atoms with Crippen molar-refractivity contribution < 1.29 is 14.3 Å². The molecule has 0 unspecified atom stereocenters. The standard InChI is InChI=1S/C19H18N2O3S/c1-11-17(25-13(3)20-11)19(23)24-12(2)18(22)21-16-9-8-14-6-4-5-7-15(14)10-16/h4-10,12H,1-3H3,(H,21,22)/t12-/m0/s1. The molecule has 0 saturated heterocycles. The molecule has 3 aromatic rings. The number of carbonyl (C=O) groups excluding carboxylic acids is 2. The summed E-state index contributed by atoms with van der Waals surface area (Å²) in [4.78, 5) is 29.1. The molecule has 1 N–H and O–H groups in total. The smallest absolute Gasteiger partial charge is 0.351 e. The molecule has 1 atom stereocenters. The van der Waals surface area contributed by atoms with E-state index < -0.39 is 12.1 Å². The number of amides is 1. The Morgan fingerprint density at radius 3 is 2.52 bits per heavy atom. The van der Waals surface area contributed by atoms with Crippen LogP contribution < -0.4 is 5.32 Å². The minimum atomic E-state index is -0.902. The Labute approximate surface area is 149 Å². The number of carbonyl (C=O) groups is 2. The van der Waals surface area contributed by atoms with Crippen LogP contribution in [0.2, 0.25) is 0 Å². The largest absolute Gasteiger partial charge is 0.448 e. The molecule has 1 amide bonds. The van der Waals surface area contributed by atoms with E-state index >= 15 is 0 Å². The number of fused-ring (bicyclic) bond motifs is 1. The molecular weight excluding hydrogens is 336 g/mol. The first-order chi connectivity index (χ1) is 11.9. The van der Waals surface area contributed by atoms with Crippen molar-refractivity contribution in [1.82, 2.24) is 4.98 Å².